The van der Waals surface area contributed by atoms with Gasteiger partial charge in [-0.3, -0.25) is 4.79 Å². The van der Waals surface area contributed by atoms with Gasteiger partial charge >= 0.3 is 0 Å². The van der Waals surface area contributed by atoms with Crippen molar-refractivity contribution in [1.29, 1.82) is 0 Å². The molecule has 0 bridgehead atoms. The molecule has 1 amide bonds. The monoisotopic (exact) mass is 356 g/mol. The maximum absolute atomic E-state index is 12.7. The number of aromatic nitrogens is 3. The van der Waals surface area contributed by atoms with Gasteiger partial charge in [0.25, 0.3) is 0 Å². The third-order valence-corrected chi connectivity index (χ3v) is 5.86. The molecule has 1 aromatic carbocycles. The fourth-order valence-electron chi connectivity index (χ4n) is 3.12. The van der Waals surface area contributed by atoms with E-state index in [0.29, 0.717) is 18.5 Å². The average Bonchev–Trinajstić information content (AvgIpc) is 3.54. The number of thioether (sulfide) groups is 1. The number of carbonyl (C=O) groups is 1. The highest BCUT2D eigenvalue weighted by Crippen LogP contribution is 2.46. The molecule has 2 aliphatic rings. The highest BCUT2D eigenvalue weighted by molar-refractivity contribution is 8.00. The summed E-state index contributed by atoms with van der Waals surface area (Å²) in [5, 5.41) is 9.59. The summed E-state index contributed by atoms with van der Waals surface area (Å²) in [5.74, 6) is 1.86. The third-order valence-electron chi connectivity index (χ3n) is 4.81. The van der Waals surface area contributed by atoms with Gasteiger partial charge in [-0.05, 0) is 38.2 Å². The maximum Gasteiger partial charge on any atom is 0.235 e. The van der Waals surface area contributed by atoms with Gasteiger partial charge in [0, 0.05) is 25.6 Å². The number of carbonyl (C=O) groups excluding carboxylic acids is 1. The van der Waals surface area contributed by atoms with E-state index >= 15 is 0 Å². The quantitative estimate of drug-likeness (QED) is 0.711. The van der Waals surface area contributed by atoms with E-state index in [0.717, 1.165) is 16.5 Å². The Kier molecular flexibility index (Phi) is 4.54. The fourth-order valence-corrected chi connectivity index (χ4v) is 4.16. The van der Waals surface area contributed by atoms with Crippen LogP contribution < -0.4 is 0 Å². The molecule has 0 aliphatic heterocycles. The Morgan fingerprint density at radius 1 is 1.24 bits per heavy atom. The fraction of sp³-hybridized carbons (Fsp3) is 0.526. The molecule has 0 saturated heterocycles. The Morgan fingerprint density at radius 2 is 1.96 bits per heavy atom. The minimum absolute atomic E-state index is 0.132. The first-order valence-electron chi connectivity index (χ1n) is 9.04. The molecule has 25 heavy (non-hydrogen) atoms. The molecule has 2 aromatic rings. The number of rotatable bonds is 7. The van der Waals surface area contributed by atoms with Crippen molar-refractivity contribution < 1.29 is 4.79 Å². The maximum atomic E-state index is 12.7. The molecular formula is C19H24N4OS. The van der Waals surface area contributed by atoms with E-state index in [4.69, 9.17) is 0 Å². The summed E-state index contributed by atoms with van der Waals surface area (Å²) in [6.45, 7) is 2.60. The Labute approximate surface area is 152 Å². The second-order valence-corrected chi connectivity index (χ2v) is 8.46. The van der Waals surface area contributed by atoms with Crippen molar-refractivity contribution in [2.45, 2.75) is 61.5 Å². The molecule has 1 atom stereocenters. The first-order valence-corrected chi connectivity index (χ1v) is 9.92. The predicted molar refractivity (Wildman–Crippen MR) is 98.5 cm³/mol. The van der Waals surface area contributed by atoms with Crippen LogP contribution in [0.4, 0.5) is 0 Å². The van der Waals surface area contributed by atoms with E-state index in [1.165, 1.54) is 25.7 Å². The van der Waals surface area contributed by atoms with Gasteiger partial charge < -0.3 is 9.47 Å². The number of hydrogen-bond acceptors (Lipinski definition) is 4. The molecule has 0 N–H and O–H groups in total. The summed E-state index contributed by atoms with van der Waals surface area (Å²) < 4.78 is 2.31. The number of nitrogens with zero attached hydrogens (tertiary/aromatic N) is 4. The molecule has 0 unspecified atom stereocenters. The summed E-state index contributed by atoms with van der Waals surface area (Å²) in [7, 11) is 1.87. The lowest BCUT2D eigenvalue weighted by molar-refractivity contribution is -0.129. The zero-order valence-electron chi connectivity index (χ0n) is 14.8. The van der Waals surface area contributed by atoms with Crippen molar-refractivity contribution in [3.63, 3.8) is 0 Å². The summed E-state index contributed by atoms with van der Waals surface area (Å²) in [4.78, 5) is 14.5. The normalized spacial score (nSPS) is 18.2. The van der Waals surface area contributed by atoms with Crippen LogP contribution in [0.3, 0.4) is 0 Å². The molecule has 0 spiro atoms. The van der Waals surface area contributed by atoms with Crippen LogP contribution in [-0.2, 0) is 11.3 Å². The van der Waals surface area contributed by atoms with Crippen LogP contribution in [0.15, 0.2) is 35.5 Å². The summed E-state index contributed by atoms with van der Waals surface area (Å²) in [5.41, 5.74) is 1.15. The molecule has 2 fully saturated rings. The van der Waals surface area contributed by atoms with E-state index in [2.05, 4.69) is 14.8 Å². The van der Waals surface area contributed by atoms with Crippen LogP contribution >= 0.6 is 11.8 Å². The smallest absolute Gasteiger partial charge is 0.235 e. The van der Waals surface area contributed by atoms with Crippen molar-refractivity contribution in [3.05, 3.63) is 41.7 Å². The first-order chi connectivity index (χ1) is 12.1. The van der Waals surface area contributed by atoms with Crippen LogP contribution in [0, 0.1) is 0 Å². The SMILES string of the molecule is C[C@H](Sc1nnc(C2CC2)n1C1CC1)C(=O)N(C)Cc1ccccc1. The Hall–Kier alpha value is -1.82. The molecule has 1 aromatic heterocycles. The van der Waals surface area contributed by atoms with Gasteiger partial charge in [0.15, 0.2) is 5.16 Å². The summed E-state index contributed by atoms with van der Waals surface area (Å²) in [6.07, 6.45) is 4.87. The second kappa shape index (κ2) is 6.83. The lowest BCUT2D eigenvalue weighted by atomic mass is 10.2. The standard InChI is InChI=1S/C19H24N4OS/c1-13(18(24)22(2)12-14-6-4-3-5-7-14)25-19-21-20-17(15-8-9-15)23(19)16-10-11-16/h3-7,13,15-16H,8-12H2,1-2H3/t13-/m0/s1. The average molecular weight is 356 g/mol. The Bertz CT molecular complexity index is 752. The van der Waals surface area contributed by atoms with Crippen molar-refractivity contribution >= 4 is 17.7 Å². The summed E-state index contributed by atoms with van der Waals surface area (Å²) in [6, 6.07) is 10.6. The number of amides is 1. The molecule has 2 saturated carbocycles. The Morgan fingerprint density at radius 3 is 2.60 bits per heavy atom. The summed E-state index contributed by atoms with van der Waals surface area (Å²) >= 11 is 1.55. The molecule has 132 valence electrons. The third kappa shape index (κ3) is 3.73. The minimum atomic E-state index is -0.164. The predicted octanol–water partition coefficient (Wildman–Crippen LogP) is 3.63. The van der Waals surface area contributed by atoms with E-state index in [9.17, 15) is 4.79 Å². The van der Waals surface area contributed by atoms with Crippen LogP contribution in [0.25, 0.3) is 0 Å². The van der Waals surface area contributed by atoms with Crippen molar-refractivity contribution in [1.82, 2.24) is 19.7 Å². The molecule has 6 heteroatoms. The van der Waals surface area contributed by atoms with E-state index < -0.39 is 0 Å². The van der Waals surface area contributed by atoms with E-state index in [-0.39, 0.29) is 11.2 Å². The molecule has 4 rings (SSSR count). The second-order valence-electron chi connectivity index (χ2n) is 7.16. The van der Waals surface area contributed by atoms with Gasteiger partial charge in [0.1, 0.15) is 5.82 Å². The van der Waals surface area contributed by atoms with Crippen LogP contribution in [0.2, 0.25) is 0 Å². The number of hydrogen-bond donors (Lipinski definition) is 0. The van der Waals surface area contributed by atoms with Gasteiger partial charge in [-0.15, -0.1) is 10.2 Å². The van der Waals surface area contributed by atoms with E-state index in [1.807, 2.05) is 44.3 Å². The van der Waals surface area contributed by atoms with E-state index in [1.54, 1.807) is 16.7 Å². The Balaban J connectivity index is 1.43. The molecule has 5 nitrogen and oxygen atoms in total. The first kappa shape index (κ1) is 16.6. The topological polar surface area (TPSA) is 51.0 Å². The van der Waals surface area contributed by atoms with Gasteiger partial charge in [-0.25, -0.2) is 0 Å². The number of benzene rings is 1. The zero-order chi connectivity index (χ0) is 17.4. The highest BCUT2D eigenvalue weighted by atomic mass is 32.2. The largest absolute Gasteiger partial charge is 0.340 e. The molecular weight excluding hydrogens is 332 g/mol. The van der Waals surface area contributed by atoms with Crippen LogP contribution in [0.1, 0.15) is 56.0 Å². The van der Waals surface area contributed by atoms with Gasteiger partial charge in [0.2, 0.25) is 5.91 Å². The van der Waals surface area contributed by atoms with Crippen molar-refractivity contribution in [3.8, 4) is 0 Å². The van der Waals surface area contributed by atoms with Crippen LogP contribution in [0.5, 0.6) is 0 Å². The van der Waals surface area contributed by atoms with Gasteiger partial charge in [-0.2, -0.15) is 0 Å². The molecule has 1 heterocycles. The zero-order valence-corrected chi connectivity index (χ0v) is 15.6. The minimum Gasteiger partial charge on any atom is -0.340 e. The van der Waals surface area contributed by atoms with Crippen molar-refractivity contribution in [2.75, 3.05) is 7.05 Å². The highest BCUT2D eigenvalue weighted by Gasteiger charge is 2.37. The lowest BCUT2D eigenvalue weighted by Crippen LogP contribution is -2.33. The van der Waals surface area contributed by atoms with Gasteiger partial charge in [-0.1, -0.05) is 42.1 Å². The molecule has 2 aliphatic carbocycles. The van der Waals surface area contributed by atoms with Crippen molar-refractivity contribution in [2.24, 2.45) is 0 Å². The van der Waals surface area contributed by atoms with Gasteiger partial charge in [0.05, 0.1) is 5.25 Å². The lowest BCUT2D eigenvalue weighted by Gasteiger charge is -2.21. The van der Waals surface area contributed by atoms with Crippen LogP contribution in [-0.4, -0.2) is 37.9 Å². The molecule has 0 radical (unpaired) electrons.